The van der Waals surface area contributed by atoms with Crippen LogP contribution in [0.3, 0.4) is 0 Å². The minimum absolute atomic E-state index is 0.411. The monoisotopic (exact) mass is 262 g/mol. The maximum Gasteiger partial charge on any atom is 0.0373 e. The molecule has 0 saturated carbocycles. The van der Waals surface area contributed by atoms with Crippen molar-refractivity contribution in [3.8, 4) is 0 Å². The highest BCUT2D eigenvalue weighted by Gasteiger charge is 2.08. The zero-order chi connectivity index (χ0) is 10.8. The molecule has 0 radical (unpaired) electrons. The molecule has 1 heteroatoms. The summed E-state index contributed by atoms with van der Waals surface area (Å²) in [6.45, 7) is 4.39. The van der Waals surface area contributed by atoms with Gasteiger partial charge in [-0.05, 0) is 35.2 Å². The van der Waals surface area contributed by atoms with Crippen molar-refractivity contribution in [3.63, 3.8) is 0 Å². The number of halogens is 1. The number of fused-ring (bicyclic) bond motifs is 1. The third-order valence-electron chi connectivity index (χ3n) is 2.83. The second-order valence-corrected chi connectivity index (χ2v) is 5.21. The molecule has 0 nitrogen and oxygen atoms in total. The molecular formula is C14H15Br. The number of hydrogen-bond donors (Lipinski definition) is 0. The smallest absolute Gasteiger partial charge is 0.0373 e. The molecule has 0 aliphatic carbocycles. The van der Waals surface area contributed by atoms with Gasteiger partial charge in [-0.15, -0.1) is 0 Å². The SMILES string of the molecule is CCc1cccc2cccc(C(C)Br)c12. The second-order valence-electron chi connectivity index (χ2n) is 3.83. The third-order valence-corrected chi connectivity index (χ3v) is 3.33. The molecule has 0 aromatic heterocycles. The van der Waals surface area contributed by atoms with Crippen LogP contribution in [0, 0.1) is 0 Å². The molecule has 0 N–H and O–H groups in total. The van der Waals surface area contributed by atoms with E-state index in [4.69, 9.17) is 0 Å². The van der Waals surface area contributed by atoms with Gasteiger partial charge in [0.15, 0.2) is 0 Å². The van der Waals surface area contributed by atoms with Crippen molar-refractivity contribution < 1.29 is 0 Å². The molecule has 1 atom stereocenters. The van der Waals surface area contributed by atoms with Gasteiger partial charge in [0, 0.05) is 4.83 Å². The Morgan fingerprint density at radius 3 is 2.40 bits per heavy atom. The highest BCUT2D eigenvalue weighted by Crippen LogP contribution is 2.31. The molecular weight excluding hydrogens is 248 g/mol. The summed E-state index contributed by atoms with van der Waals surface area (Å²) in [5.74, 6) is 0. The van der Waals surface area contributed by atoms with Gasteiger partial charge in [-0.3, -0.25) is 0 Å². The zero-order valence-corrected chi connectivity index (χ0v) is 10.7. The van der Waals surface area contributed by atoms with Crippen LogP contribution in [0.5, 0.6) is 0 Å². The molecule has 1 unspecified atom stereocenters. The molecule has 15 heavy (non-hydrogen) atoms. The lowest BCUT2D eigenvalue weighted by atomic mass is 9.96. The normalized spacial score (nSPS) is 13.0. The van der Waals surface area contributed by atoms with Gasteiger partial charge < -0.3 is 0 Å². The Labute approximate surface area is 99.4 Å². The maximum absolute atomic E-state index is 3.67. The summed E-state index contributed by atoms with van der Waals surface area (Å²) in [6.07, 6.45) is 1.09. The van der Waals surface area contributed by atoms with E-state index in [0.29, 0.717) is 4.83 Å². The summed E-state index contributed by atoms with van der Waals surface area (Å²) in [4.78, 5) is 0.411. The first-order valence-corrected chi connectivity index (χ1v) is 6.30. The number of benzene rings is 2. The van der Waals surface area contributed by atoms with Crippen LogP contribution in [0.2, 0.25) is 0 Å². The molecule has 0 heterocycles. The van der Waals surface area contributed by atoms with Gasteiger partial charge in [0.1, 0.15) is 0 Å². The van der Waals surface area contributed by atoms with Gasteiger partial charge in [0.25, 0.3) is 0 Å². The predicted molar refractivity (Wildman–Crippen MR) is 70.7 cm³/mol. The predicted octanol–water partition coefficient (Wildman–Crippen LogP) is 4.86. The van der Waals surface area contributed by atoms with Crippen LogP contribution < -0.4 is 0 Å². The van der Waals surface area contributed by atoms with Gasteiger partial charge in [-0.1, -0.05) is 59.3 Å². The average molecular weight is 263 g/mol. The molecule has 78 valence electrons. The summed E-state index contributed by atoms with van der Waals surface area (Å²) < 4.78 is 0. The lowest BCUT2D eigenvalue weighted by Crippen LogP contribution is -1.91. The van der Waals surface area contributed by atoms with Gasteiger partial charge in [0.2, 0.25) is 0 Å². The Morgan fingerprint density at radius 2 is 1.80 bits per heavy atom. The number of alkyl halides is 1. The molecule has 0 aliphatic rings. The van der Waals surface area contributed by atoms with E-state index in [1.54, 1.807) is 0 Å². The Balaban J connectivity index is 2.81. The first-order valence-electron chi connectivity index (χ1n) is 5.38. The molecule has 0 bridgehead atoms. The topological polar surface area (TPSA) is 0 Å². The summed E-state index contributed by atoms with van der Waals surface area (Å²) in [5.41, 5.74) is 2.83. The zero-order valence-electron chi connectivity index (χ0n) is 9.13. The van der Waals surface area contributed by atoms with Crippen molar-refractivity contribution in [3.05, 3.63) is 47.5 Å². The van der Waals surface area contributed by atoms with Crippen molar-refractivity contribution in [2.24, 2.45) is 0 Å². The van der Waals surface area contributed by atoms with Crippen LogP contribution in [0.25, 0.3) is 10.8 Å². The van der Waals surface area contributed by atoms with Crippen LogP contribution >= 0.6 is 15.9 Å². The molecule has 0 spiro atoms. The van der Waals surface area contributed by atoms with E-state index in [2.05, 4.69) is 66.2 Å². The van der Waals surface area contributed by atoms with Crippen LogP contribution in [0.15, 0.2) is 36.4 Å². The van der Waals surface area contributed by atoms with Crippen molar-refractivity contribution in [2.45, 2.75) is 25.1 Å². The number of rotatable bonds is 2. The van der Waals surface area contributed by atoms with Crippen LogP contribution in [0.1, 0.15) is 29.8 Å². The van der Waals surface area contributed by atoms with Gasteiger partial charge in [0.05, 0.1) is 0 Å². The summed E-state index contributed by atoms with van der Waals surface area (Å²) in [7, 11) is 0. The fourth-order valence-electron chi connectivity index (χ4n) is 2.08. The highest BCUT2D eigenvalue weighted by atomic mass is 79.9. The third kappa shape index (κ3) is 1.93. The molecule has 0 aliphatic heterocycles. The molecule has 0 fully saturated rings. The van der Waals surface area contributed by atoms with Crippen molar-refractivity contribution in [1.29, 1.82) is 0 Å². The quantitative estimate of drug-likeness (QED) is 0.679. The van der Waals surface area contributed by atoms with E-state index >= 15 is 0 Å². The Bertz CT molecular complexity index is 466. The summed E-state index contributed by atoms with van der Waals surface area (Å²) in [5, 5.41) is 2.77. The Kier molecular flexibility index (Phi) is 3.11. The second kappa shape index (κ2) is 4.36. The van der Waals surface area contributed by atoms with Crippen LogP contribution in [-0.2, 0) is 6.42 Å². The lowest BCUT2D eigenvalue weighted by Gasteiger charge is -2.12. The van der Waals surface area contributed by atoms with Gasteiger partial charge in [-0.2, -0.15) is 0 Å². The first-order chi connectivity index (χ1) is 7.24. The molecule has 0 amide bonds. The van der Waals surface area contributed by atoms with Gasteiger partial charge >= 0.3 is 0 Å². The number of aryl methyl sites for hydroxylation is 1. The van der Waals surface area contributed by atoms with E-state index in [9.17, 15) is 0 Å². The molecule has 2 rings (SSSR count). The number of hydrogen-bond acceptors (Lipinski definition) is 0. The van der Waals surface area contributed by atoms with Crippen LogP contribution in [0.4, 0.5) is 0 Å². The Hall–Kier alpha value is -0.820. The first kappa shape index (κ1) is 10.7. The average Bonchev–Trinajstić information content (AvgIpc) is 2.27. The molecule has 0 saturated heterocycles. The standard InChI is InChI=1S/C14H15Br/c1-3-11-6-4-7-12-8-5-9-13(10(2)15)14(11)12/h4-10H,3H2,1-2H3. The van der Waals surface area contributed by atoms with E-state index in [0.717, 1.165) is 6.42 Å². The fourth-order valence-corrected chi connectivity index (χ4v) is 2.46. The van der Waals surface area contributed by atoms with E-state index in [1.807, 2.05) is 0 Å². The van der Waals surface area contributed by atoms with E-state index in [-0.39, 0.29) is 0 Å². The lowest BCUT2D eigenvalue weighted by molar-refractivity contribution is 1.11. The summed E-state index contributed by atoms with van der Waals surface area (Å²) >= 11 is 3.67. The minimum Gasteiger partial charge on any atom is -0.0842 e. The van der Waals surface area contributed by atoms with E-state index in [1.165, 1.54) is 21.9 Å². The maximum atomic E-state index is 3.67. The minimum atomic E-state index is 0.411. The Morgan fingerprint density at radius 1 is 1.13 bits per heavy atom. The van der Waals surface area contributed by atoms with Crippen LogP contribution in [-0.4, -0.2) is 0 Å². The largest absolute Gasteiger partial charge is 0.0842 e. The van der Waals surface area contributed by atoms with Crippen molar-refractivity contribution in [2.75, 3.05) is 0 Å². The fraction of sp³-hybridized carbons (Fsp3) is 0.286. The van der Waals surface area contributed by atoms with Crippen molar-refractivity contribution >= 4 is 26.7 Å². The summed E-state index contributed by atoms with van der Waals surface area (Å²) in [6, 6.07) is 13.1. The highest BCUT2D eigenvalue weighted by molar-refractivity contribution is 9.09. The van der Waals surface area contributed by atoms with E-state index < -0.39 is 0 Å². The molecule has 2 aromatic carbocycles. The van der Waals surface area contributed by atoms with Gasteiger partial charge in [-0.25, -0.2) is 0 Å². The molecule has 2 aromatic rings. The van der Waals surface area contributed by atoms with Crippen molar-refractivity contribution in [1.82, 2.24) is 0 Å².